The fraction of sp³-hybridized carbons (Fsp3) is 0.714. The van der Waals surface area contributed by atoms with E-state index in [0.717, 1.165) is 5.56 Å². The molecule has 0 saturated heterocycles. The predicted octanol–water partition coefficient (Wildman–Crippen LogP) is 0.832. The molecule has 0 aliphatic heterocycles. The van der Waals surface area contributed by atoms with Crippen molar-refractivity contribution in [3.63, 3.8) is 0 Å². The van der Waals surface area contributed by atoms with Crippen molar-refractivity contribution >= 4 is 6.09 Å². The van der Waals surface area contributed by atoms with Crippen molar-refractivity contribution in [2.24, 2.45) is 0 Å². The van der Waals surface area contributed by atoms with Gasteiger partial charge in [0.25, 0.3) is 0 Å². The van der Waals surface area contributed by atoms with Crippen molar-refractivity contribution in [2.75, 3.05) is 26.7 Å². The Morgan fingerprint density at radius 3 is 2.86 bits per heavy atom. The van der Waals surface area contributed by atoms with Gasteiger partial charge in [-0.3, -0.25) is 4.68 Å². The fourth-order valence-electron chi connectivity index (χ4n) is 1.63. The molecule has 7 heteroatoms. The Morgan fingerprint density at radius 1 is 1.52 bits per heavy atom. The SMILES string of the molecule is CN(CCNCc1cnn(CCO)c1)C(=O)OC(C)(C)C. The third-order valence-corrected chi connectivity index (χ3v) is 2.67. The molecule has 0 atom stereocenters. The summed E-state index contributed by atoms with van der Waals surface area (Å²) in [6.45, 7) is 8.04. The Labute approximate surface area is 125 Å². The van der Waals surface area contributed by atoms with E-state index in [1.54, 1.807) is 22.8 Å². The highest BCUT2D eigenvalue weighted by molar-refractivity contribution is 5.67. The van der Waals surface area contributed by atoms with Gasteiger partial charge in [0.05, 0.1) is 19.3 Å². The van der Waals surface area contributed by atoms with Gasteiger partial charge in [-0.1, -0.05) is 0 Å². The molecule has 0 saturated carbocycles. The average Bonchev–Trinajstić information content (AvgIpc) is 2.80. The summed E-state index contributed by atoms with van der Waals surface area (Å²) in [4.78, 5) is 13.3. The topological polar surface area (TPSA) is 79.6 Å². The van der Waals surface area contributed by atoms with Gasteiger partial charge >= 0.3 is 6.09 Å². The van der Waals surface area contributed by atoms with Crippen LogP contribution in [0.15, 0.2) is 12.4 Å². The van der Waals surface area contributed by atoms with E-state index in [2.05, 4.69) is 10.4 Å². The van der Waals surface area contributed by atoms with Gasteiger partial charge in [0, 0.05) is 38.4 Å². The zero-order valence-corrected chi connectivity index (χ0v) is 13.3. The molecule has 21 heavy (non-hydrogen) atoms. The number of aliphatic hydroxyl groups excluding tert-OH is 1. The molecule has 7 nitrogen and oxygen atoms in total. The maximum absolute atomic E-state index is 11.7. The molecule has 0 spiro atoms. The summed E-state index contributed by atoms with van der Waals surface area (Å²) in [5, 5.41) is 16.2. The predicted molar refractivity (Wildman–Crippen MR) is 79.9 cm³/mol. The Morgan fingerprint density at radius 2 is 2.24 bits per heavy atom. The number of rotatable bonds is 7. The molecular formula is C14H26N4O3. The summed E-state index contributed by atoms with van der Waals surface area (Å²) in [5.41, 5.74) is 0.573. The second-order valence-electron chi connectivity index (χ2n) is 5.91. The largest absolute Gasteiger partial charge is 0.444 e. The van der Waals surface area contributed by atoms with Crippen molar-refractivity contribution in [1.82, 2.24) is 20.0 Å². The second kappa shape index (κ2) is 7.99. The minimum atomic E-state index is -0.472. The number of nitrogens with zero attached hydrogens (tertiary/aromatic N) is 3. The van der Waals surface area contributed by atoms with Gasteiger partial charge in [0.15, 0.2) is 0 Å². The summed E-state index contributed by atoms with van der Waals surface area (Å²) >= 11 is 0. The third kappa shape index (κ3) is 7.10. The molecule has 1 aromatic rings. The molecule has 1 aromatic heterocycles. The number of hydrogen-bond acceptors (Lipinski definition) is 5. The molecule has 0 aromatic carbocycles. The van der Waals surface area contributed by atoms with Gasteiger partial charge in [0.1, 0.15) is 5.60 Å². The quantitative estimate of drug-likeness (QED) is 0.729. The fourth-order valence-corrected chi connectivity index (χ4v) is 1.63. The molecule has 0 unspecified atom stereocenters. The lowest BCUT2D eigenvalue weighted by Gasteiger charge is -2.24. The molecule has 1 heterocycles. The Hall–Kier alpha value is -1.60. The first kappa shape index (κ1) is 17.5. The van der Waals surface area contributed by atoms with E-state index in [1.165, 1.54) is 0 Å². The second-order valence-corrected chi connectivity index (χ2v) is 5.91. The molecule has 1 rings (SSSR count). The van der Waals surface area contributed by atoms with E-state index in [9.17, 15) is 4.79 Å². The number of amides is 1. The number of likely N-dealkylation sites (N-methyl/N-ethyl adjacent to an activating group) is 1. The minimum absolute atomic E-state index is 0.0786. The summed E-state index contributed by atoms with van der Waals surface area (Å²) in [6, 6.07) is 0. The first-order valence-corrected chi connectivity index (χ1v) is 7.09. The van der Waals surface area contributed by atoms with E-state index in [0.29, 0.717) is 26.2 Å². The van der Waals surface area contributed by atoms with Crippen LogP contribution in [0.1, 0.15) is 26.3 Å². The van der Waals surface area contributed by atoms with Gasteiger partial charge in [-0.05, 0) is 20.8 Å². The minimum Gasteiger partial charge on any atom is -0.444 e. The third-order valence-electron chi connectivity index (χ3n) is 2.67. The number of nitrogens with one attached hydrogen (secondary N) is 1. The van der Waals surface area contributed by atoms with Crippen LogP contribution in [0.25, 0.3) is 0 Å². The average molecular weight is 298 g/mol. The lowest BCUT2D eigenvalue weighted by molar-refractivity contribution is 0.0300. The van der Waals surface area contributed by atoms with Crippen LogP contribution < -0.4 is 5.32 Å². The first-order chi connectivity index (χ1) is 9.81. The van der Waals surface area contributed by atoms with Gasteiger partial charge in [-0.15, -0.1) is 0 Å². The first-order valence-electron chi connectivity index (χ1n) is 7.09. The Kier molecular flexibility index (Phi) is 6.64. The van der Waals surface area contributed by atoms with Crippen LogP contribution >= 0.6 is 0 Å². The van der Waals surface area contributed by atoms with Crippen molar-refractivity contribution in [3.05, 3.63) is 18.0 Å². The van der Waals surface area contributed by atoms with Crippen LogP contribution in [-0.2, 0) is 17.8 Å². The smallest absolute Gasteiger partial charge is 0.410 e. The van der Waals surface area contributed by atoms with Crippen molar-refractivity contribution < 1.29 is 14.6 Å². The molecule has 0 fully saturated rings. The molecule has 1 amide bonds. The van der Waals surface area contributed by atoms with Crippen LogP contribution in [0, 0.1) is 0 Å². The van der Waals surface area contributed by atoms with E-state index in [1.807, 2.05) is 27.0 Å². The Balaban J connectivity index is 2.22. The van der Waals surface area contributed by atoms with E-state index >= 15 is 0 Å². The molecule has 0 aliphatic rings. The molecule has 2 N–H and O–H groups in total. The van der Waals surface area contributed by atoms with Gasteiger partial charge in [-0.25, -0.2) is 4.79 Å². The number of ether oxygens (including phenoxy) is 1. The standard InChI is InChI=1S/C14H26N4O3/c1-14(2,3)21-13(20)17(4)6-5-15-9-12-10-16-18(11-12)7-8-19/h10-11,15,19H,5-9H2,1-4H3. The lowest BCUT2D eigenvalue weighted by Crippen LogP contribution is -2.37. The molecule has 120 valence electrons. The highest BCUT2D eigenvalue weighted by Crippen LogP contribution is 2.08. The summed E-state index contributed by atoms with van der Waals surface area (Å²) in [7, 11) is 1.72. The monoisotopic (exact) mass is 298 g/mol. The number of hydrogen-bond donors (Lipinski definition) is 2. The Bertz CT molecular complexity index is 440. The van der Waals surface area contributed by atoms with Crippen LogP contribution in [0.4, 0.5) is 4.79 Å². The summed E-state index contributed by atoms with van der Waals surface area (Å²) < 4.78 is 6.97. The molecule has 0 bridgehead atoms. The zero-order chi connectivity index (χ0) is 15.9. The highest BCUT2D eigenvalue weighted by atomic mass is 16.6. The number of carbonyl (C=O) groups is 1. The van der Waals surface area contributed by atoms with Crippen molar-refractivity contribution in [1.29, 1.82) is 0 Å². The maximum Gasteiger partial charge on any atom is 0.410 e. The van der Waals surface area contributed by atoms with E-state index in [4.69, 9.17) is 9.84 Å². The van der Waals surface area contributed by atoms with Gasteiger partial charge in [-0.2, -0.15) is 5.10 Å². The van der Waals surface area contributed by atoms with Crippen LogP contribution in [-0.4, -0.2) is 58.2 Å². The van der Waals surface area contributed by atoms with Crippen LogP contribution in [0.3, 0.4) is 0 Å². The molecular weight excluding hydrogens is 272 g/mol. The van der Waals surface area contributed by atoms with E-state index < -0.39 is 5.60 Å². The highest BCUT2D eigenvalue weighted by Gasteiger charge is 2.18. The molecule has 0 aliphatic carbocycles. The maximum atomic E-state index is 11.7. The van der Waals surface area contributed by atoms with Gasteiger partial charge in [0.2, 0.25) is 0 Å². The zero-order valence-electron chi connectivity index (χ0n) is 13.3. The number of carbonyl (C=O) groups excluding carboxylic acids is 1. The lowest BCUT2D eigenvalue weighted by atomic mass is 10.2. The summed E-state index contributed by atoms with van der Waals surface area (Å²) in [5.74, 6) is 0. The summed E-state index contributed by atoms with van der Waals surface area (Å²) in [6.07, 6.45) is 3.33. The van der Waals surface area contributed by atoms with Crippen LogP contribution in [0.5, 0.6) is 0 Å². The molecule has 0 radical (unpaired) electrons. The number of aromatic nitrogens is 2. The van der Waals surface area contributed by atoms with Crippen LogP contribution in [0.2, 0.25) is 0 Å². The van der Waals surface area contributed by atoms with Crippen molar-refractivity contribution in [3.8, 4) is 0 Å². The normalized spacial score (nSPS) is 11.5. The van der Waals surface area contributed by atoms with Crippen molar-refractivity contribution in [2.45, 2.75) is 39.5 Å². The number of aliphatic hydroxyl groups is 1. The van der Waals surface area contributed by atoms with E-state index in [-0.39, 0.29) is 12.7 Å². The van der Waals surface area contributed by atoms with Gasteiger partial charge < -0.3 is 20.1 Å².